The average Bonchev–Trinajstić information content (AvgIpc) is 2.97. The van der Waals surface area contributed by atoms with Crippen molar-refractivity contribution in [3.63, 3.8) is 0 Å². The summed E-state index contributed by atoms with van der Waals surface area (Å²) in [4.78, 5) is 4.05. The Morgan fingerprint density at radius 3 is 2.84 bits per heavy atom. The summed E-state index contributed by atoms with van der Waals surface area (Å²) in [5.74, 6) is 2.15. The molecule has 4 heteroatoms. The van der Waals surface area contributed by atoms with E-state index in [1.165, 1.54) is 5.56 Å². The van der Waals surface area contributed by atoms with Gasteiger partial charge in [0.1, 0.15) is 0 Å². The number of imidazole rings is 1. The Balaban J connectivity index is 1.75. The fourth-order valence-electron chi connectivity index (χ4n) is 1.74. The van der Waals surface area contributed by atoms with Crippen LogP contribution in [-0.4, -0.2) is 27.6 Å². The van der Waals surface area contributed by atoms with Crippen LogP contribution in [0.5, 0.6) is 0 Å². The first-order chi connectivity index (χ1) is 9.40. The molecule has 0 radical (unpaired) electrons. The van der Waals surface area contributed by atoms with E-state index in [1.54, 1.807) is 6.20 Å². The van der Waals surface area contributed by atoms with Crippen LogP contribution < -0.4 is 5.32 Å². The van der Waals surface area contributed by atoms with Gasteiger partial charge in [0.15, 0.2) is 0 Å². The molecule has 0 atom stereocenters. The first-order valence-electron chi connectivity index (χ1n) is 6.37. The lowest BCUT2D eigenvalue weighted by Crippen LogP contribution is -2.16. The summed E-state index contributed by atoms with van der Waals surface area (Å²) in [6.07, 6.45) is 7.49. The highest BCUT2D eigenvalue weighted by atomic mass is 32.2. The van der Waals surface area contributed by atoms with Crippen LogP contribution in [0.25, 0.3) is 5.69 Å². The van der Waals surface area contributed by atoms with Crippen molar-refractivity contribution in [1.82, 2.24) is 14.9 Å². The van der Waals surface area contributed by atoms with Gasteiger partial charge in [-0.3, -0.25) is 0 Å². The predicted octanol–water partition coefficient (Wildman–Crippen LogP) is 2.88. The molecule has 0 aliphatic carbocycles. The Kier molecular flexibility index (Phi) is 5.72. The van der Waals surface area contributed by atoms with Crippen molar-refractivity contribution in [2.24, 2.45) is 0 Å². The van der Waals surface area contributed by atoms with Crippen LogP contribution in [0.4, 0.5) is 0 Å². The van der Waals surface area contributed by atoms with Gasteiger partial charge in [-0.1, -0.05) is 18.2 Å². The summed E-state index contributed by atoms with van der Waals surface area (Å²) in [5.41, 5.74) is 2.44. The zero-order valence-corrected chi connectivity index (χ0v) is 11.8. The van der Waals surface area contributed by atoms with Crippen molar-refractivity contribution in [2.75, 3.05) is 18.1 Å². The molecule has 0 aliphatic heterocycles. The molecule has 2 aromatic rings. The monoisotopic (exact) mass is 273 g/mol. The molecule has 3 nitrogen and oxygen atoms in total. The smallest absolute Gasteiger partial charge is 0.0991 e. The third-order valence-electron chi connectivity index (χ3n) is 2.73. The molecule has 1 heterocycles. The molecule has 1 N–H and O–H groups in total. The highest BCUT2D eigenvalue weighted by Gasteiger charge is 1.96. The molecule has 0 saturated carbocycles. The number of nitrogens with zero attached hydrogens (tertiary/aromatic N) is 2. The summed E-state index contributed by atoms with van der Waals surface area (Å²) in [7, 11) is 0. The topological polar surface area (TPSA) is 29.9 Å². The van der Waals surface area contributed by atoms with Gasteiger partial charge in [-0.2, -0.15) is 11.8 Å². The highest BCUT2D eigenvalue weighted by molar-refractivity contribution is 7.99. The van der Waals surface area contributed by atoms with Gasteiger partial charge in [-0.25, -0.2) is 4.98 Å². The van der Waals surface area contributed by atoms with E-state index in [1.807, 2.05) is 34.9 Å². The minimum atomic E-state index is 0.916. The standard InChI is InChI=1S/C15H19N3S/c1-2-10-19-11-8-16-12-14-3-5-15(6-4-14)18-9-7-17-13-18/h2-7,9,13,16H,1,8,10-12H2. The molecule has 0 spiro atoms. The van der Waals surface area contributed by atoms with E-state index in [0.717, 1.165) is 30.3 Å². The third-order valence-corrected chi connectivity index (χ3v) is 3.69. The Bertz CT molecular complexity index is 477. The van der Waals surface area contributed by atoms with E-state index in [4.69, 9.17) is 0 Å². The molecule has 2 rings (SSSR count). The SMILES string of the molecule is C=CCSCCNCc1ccc(-n2ccnc2)cc1. The van der Waals surface area contributed by atoms with Gasteiger partial charge < -0.3 is 9.88 Å². The van der Waals surface area contributed by atoms with Crippen LogP contribution in [0.1, 0.15) is 5.56 Å². The van der Waals surface area contributed by atoms with E-state index in [0.29, 0.717) is 0 Å². The maximum atomic E-state index is 4.05. The Hall–Kier alpha value is -1.52. The molecule has 0 fully saturated rings. The zero-order chi connectivity index (χ0) is 13.3. The molecule has 0 aliphatic rings. The third kappa shape index (κ3) is 4.58. The molecular weight excluding hydrogens is 254 g/mol. The molecule has 0 saturated heterocycles. The average molecular weight is 273 g/mol. The van der Waals surface area contributed by atoms with Gasteiger partial charge in [0.2, 0.25) is 0 Å². The van der Waals surface area contributed by atoms with Crippen LogP contribution >= 0.6 is 11.8 Å². The predicted molar refractivity (Wildman–Crippen MR) is 82.8 cm³/mol. The molecule has 0 bridgehead atoms. The number of hydrogen-bond acceptors (Lipinski definition) is 3. The Morgan fingerprint density at radius 2 is 2.16 bits per heavy atom. The fraction of sp³-hybridized carbons (Fsp3) is 0.267. The lowest BCUT2D eigenvalue weighted by molar-refractivity contribution is 0.732. The van der Waals surface area contributed by atoms with Crippen molar-refractivity contribution in [3.8, 4) is 5.69 Å². The molecule has 0 amide bonds. The quantitative estimate of drug-likeness (QED) is 0.592. The van der Waals surface area contributed by atoms with E-state index in [9.17, 15) is 0 Å². The van der Waals surface area contributed by atoms with Crippen molar-refractivity contribution in [2.45, 2.75) is 6.54 Å². The molecule has 0 unspecified atom stereocenters. The van der Waals surface area contributed by atoms with Gasteiger partial charge in [-0.15, -0.1) is 6.58 Å². The molecule has 1 aromatic heterocycles. The number of rotatable bonds is 8. The molecule has 1 aromatic carbocycles. The minimum absolute atomic E-state index is 0.916. The van der Waals surface area contributed by atoms with E-state index < -0.39 is 0 Å². The van der Waals surface area contributed by atoms with Crippen LogP contribution in [0.15, 0.2) is 55.6 Å². The van der Waals surface area contributed by atoms with Gasteiger partial charge in [0, 0.05) is 42.7 Å². The first-order valence-corrected chi connectivity index (χ1v) is 7.52. The van der Waals surface area contributed by atoms with E-state index >= 15 is 0 Å². The Morgan fingerprint density at radius 1 is 1.32 bits per heavy atom. The summed E-state index contributed by atoms with van der Waals surface area (Å²) >= 11 is 1.90. The van der Waals surface area contributed by atoms with Crippen LogP contribution in [-0.2, 0) is 6.54 Å². The van der Waals surface area contributed by atoms with Crippen molar-refractivity contribution < 1.29 is 0 Å². The normalized spacial score (nSPS) is 10.5. The number of nitrogens with one attached hydrogen (secondary N) is 1. The maximum absolute atomic E-state index is 4.05. The number of hydrogen-bond donors (Lipinski definition) is 1. The van der Waals surface area contributed by atoms with Crippen molar-refractivity contribution in [1.29, 1.82) is 0 Å². The van der Waals surface area contributed by atoms with Crippen LogP contribution in [0.2, 0.25) is 0 Å². The largest absolute Gasteiger partial charge is 0.312 e. The van der Waals surface area contributed by atoms with Gasteiger partial charge in [0.25, 0.3) is 0 Å². The second-order valence-electron chi connectivity index (χ2n) is 4.18. The van der Waals surface area contributed by atoms with Crippen LogP contribution in [0.3, 0.4) is 0 Å². The van der Waals surface area contributed by atoms with Crippen LogP contribution in [0, 0.1) is 0 Å². The maximum Gasteiger partial charge on any atom is 0.0991 e. The number of aromatic nitrogens is 2. The summed E-state index contributed by atoms with van der Waals surface area (Å²) in [6, 6.07) is 8.54. The summed E-state index contributed by atoms with van der Waals surface area (Å²) in [5, 5.41) is 3.44. The first kappa shape index (κ1) is 13.9. The summed E-state index contributed by atoms with van der Waals surface area (Å²) in [6.45, 7) is 5.65. The van der Waals surface area contributed by atoms with E-state index in [-0.39, 0.29) is 0 Å². The second-order valence-corrected chi connectivity index (χ2v) is 5.33. The molecular formula is C15H19N3S. The van der Waals surface area contributed by atoms with Gasteiger partial charge >= 0.3 is 0 Å². The van der Waals surface area contributed by atoms with Gasteiger partial charge in [-0.05, 0) is 17.7 Å². The second kappa shape index (κ2) is 7.81. The highest BCUT2D eigenvalue weighted by Crippen LogP contribution is 2.09. The minimum Gasteiger partial charge on any atom is -0.312 e. The van der Waals surface area contributed by atoms with Gasteiger partial charge in [0.05, 0.1) is 6.33 Å². The Labute approximate surface area is 118 Å². The van der Waals surface area contributed by atoms with Crippen molar-refractivity contribution >= 4 is 11.8 Å². The lowest BCUT2D eigenvalue weighted by atomic mass is 10.2. The number of benzene rings is 1. The molecule has 100 valence electrons. The molecule has 19 heavy (non-hydrogen) atoms. The summed E-state index contributed by atoms with van der Waals surface area (Å²) < 4.78 is 2.00. The lowest BCUT2D eigenvalue weighted by Gasteiger charge is -2.06. The van der Waals surface area contributed by atoms with Crippen molar-refractivity contribution in [3.05, 3.63) is 61.2 Å². The number of thioether (sulfide) groups is 1. The fourth-order valence-corrected chi connectivity index (χ4v) is 2.36. The van der Waals surface area contributed by atoms with E-state index in [2.05, 4.69) is 41.1 Å². The zero-order valence-electron chi connectivity index (χ0n) is 11.0.